The maximum absolute atomic E-state index is 10.2. The molecular formula is C46H90MgO6. The van der Waals surface area contributed by atoms with E-state index in [-0.39, 0.29) is 35.9 Å². The number of hydrogen-bond acceptors (Lipinski definition) is 5. The van der Waals surface area contributed by atoms with Gasteiger partial charge in [-0.15, -0.1) is 0 Å². The molecule has 0 aromatic rings. The van der Waals surface area contributed by atoms with Crippen LogP contribution in [0.4, 0.5) is 0 Å². The molecule has 312 valence electrons. The van der Waals surface area contributed by atoms with Crippen molar-refractivity contribution in [1.29, 1.82) is 0 Å². The first-order chi connectivity index (χ1) is 25.3. The van der Waals surface area contributed by atoms with E-state index in [1.807, 2.05) is 0 Å². The quantitative estimate of drug-likeness (QED) is 0.0490. The molecule has 0 rings (SSSR count). The standard InChI is InChI=1S/2C18H36O2.C10H20O2.Mg/c2*1-2-3-4-5-6-7-8-9-10-11-12-13-14-15-16-17-18(19)20;1-2-3-4-5-6-7-8-9-10(11)12;/h2*2-17H2,1H3,(H,19,20);2-9H2,1H3,(H,11,12);/q;;;+2/p-2. The first kappa shape index (κ1) is 58.9. The van der Waals surface area contributed by atoms with Crippen molar-refractivity contribution < 1.29 is 29.7 Å². The number of carbonyl (C=O) groups excluding carboxylic acids is 2. The first-order valence-corrected chi connectivity index (χ1v) is 22.9. The number of hydrogen-bond donors (Lipinski definition) is 1. The molecule has 53 heavy (non-hydrogen) atoms. The van der Waals surface area contributed by atoms with Crippen molar-refractivity contribution in [3.63, 3.8) is 0 Å². The van der Waals surface area contributed by atoms with Crippen LogP contribution in [0.5, 0.6) is 0 Å². The van der Waals surface area contributed by atoms with Crippen LogP contribution in [0.3, 0.4) is 0 Å². The average Bonchev–Trinajstić information content (AvgIpc) is 3.11. The van der Waals surface area contributed by atoms with Gasteiger partial charge in [-0.05, 0) is 32.1 Å². The Morgan fingerprint density at radius 3 is 0.604 bits per heavy atom. The Labute approximate surface area is 346 Å². The maximum Gasteiger partial charge on any atom is 2.00 e. The van der Waals surface area contributed by atoms with E-state index in [1.165, 1.54) is 199 Å². The molecule has 0 aliphatic rings. The van der Waals surface area contributed by atoms with Gasteiger partial charge in [0.05, 0.1) is 0 Å². The molecule has 0 amide bonds. The smallest absolute Gasteiger partial charge is 0.550 e. The molecule has 0 saturated heterocycles. The Kier molecular flexibility index (Phi) is 61.7. The van der Waals surface area contributed by atoms with Gasteiger partial charge in [-0.2, -0.15) is 0 Å². The van der Waals surface area contributed by atoms with Crippen LogP contribution in [-0.4, -0.2) is 46.1 Å². The van der Waals surface area contributed by atoms with Crippen molar-refractivity contribution in [1.82, 2.24) is 0 Å². The number of carboxylic acid groups (broad SMARTS) is 3. The molecule has 0 saturated carbocycles. The van der Waals surface area contributed by atoms with Crippen LogP contribution < -0.4 is 10.2 Å². The third kappa shape index (κ3) is 69.6. The van der Waals surface area contributed by atoms with Crippen LogP contribution in [0, 0.1) is 0 Å². The van der Waals surface area contributed by atoms with Crippen LogP contribution in [0.15, 0.2) is 0 Å². The van der Waals surface area contributed by atoms with E-state index < -0.39 is 17.9 Å². The van der Waals surface area contributed by atoms with Crippen molar-refractivity contribution in [3.8, 4) is 0 Å². The fourth-order valence-electron chi connectivity index (χ4n) is 6.51. The van der Waals surface area contributed by atoms with Crippen LogP contribution in [0.25, 0.3) is 0 Å². The minimum absolute atomic E-state index is 0. The van der Waals surface area contributed by atoms with Gasteiger partial charge in [-0.1, -0.05) is 239 Å². The predicted molar refractivity (Wildman–Crippen MR) is 225 cm³/mol. The summed E-state index contributed by atoms with van der Waals surface area (Å²) < 4.78 is 0. The molecule has 0 aromatic carbocycles. The first-order valence-electron chi connectivity index (χ1n) is 22.9. The molecule has 0 heterocycles. The molecule has 6 nitrogen and oxygen atoms in total. The van der Waals surface area contributed by atoms with Gasteiger partial charge >= 0.3 is 29.0 Å². The van der Waals surface area contributed by atoms with Crippen LogP contribution in [-0.2, 0) is 14.4 Å². The molecule has 1 N–H and O–H groups in total. The van der Waals surface area contributed by atoms with Crippen LogP contribution in [0.2, 0.25) is 0 Å². The maximum atomic E-state index is 10.2. The van der Waals surface area contributed by atoms with Crippen LogP contribution in [0.1, 0.15) is 278 Å². The van der Waals surface area contributed by atoms with Gasteiger partial charge in [-0.3, -0.25) is 4.79 Å². The molecule has 0 aliphatic heterocycles. The zero-order chi connectivity index (χ0) is 39.0. The summed E-state index contributed by atoms with van der Waals surface area (Å²) in [6, 6.07) is 0. The Balaban J connectivity index is -0.000000348. The number of carbonyl (C=O) groups is 3. The summed E-state index contributed by atoms with van der Waals surface area (Å²) in [7, 11) is 0. The SMILES string of the molecule is CCCCCCCCCC(=O)O.CCCCCCCCCCCCCCCCCC(=O)[O-].CCCCCCCCCCCCCCCCCC(=O)[O-].[Mg+2]. The molecular weight excluding hydrogens is 673 g/mol. The Morgan fingerprint density at radius 2 is 0.453 bits per heavy atom. The Hall–Kier alpha value is -0.824. The zero-order valence-electron chi connectivity index (χ0n) is 36.0. The van der Waals surface area contributed by atoms with Gasteiger partial charge in [-0.25, -0.2) is 0 Å². The van der Waals surface area contributed by atoms with Gasteiger partial charge in [0.25, 0.3) is 0 Å². The van der Waals surface area contributed by atoms with E-state index in [0.717, 1.165) is 38.5 Å². The van der Waals surface area contributed by atoms with E-state index in [0.29, 0.717) is 6.42 Å². The van der Waals surface area contributed by atoms with Crippen molar-refractivity contribution in [2.75, 3.05) is 0 Å². The summed E-state index contributed by atoms with van der Waals surface area (Å²) in [5.41, 5.74) is 0. The molecule has 7 heteroatoms. The van der Waals surface area contributed by atoms with Gasteiger partial charge in [0.15, 0.2) is 0 Å². The largest absolute Gasteiger partial charge is 2.00 e. The third-order valence-corrected chi connectivity index (χ3v) is 9.96. The summed E-state index contributed by atoms with van der Waals surface area (Å²) in [4.78, 5) is 30.6. The van der Waals surface area contributed by atoms with E-state index in [2.05, 4.69) is 20.8 Å². The van der Waals surface area contributed by atoms with E-state index in [1.54, 1.807) is 0 Å². The molecule has 0 bridgehead atoms. The summed E-state index contributed by atoms with van der Waals surface area (Å²) in [6.07, 6.45) is 48.4. The van der Waals surface area contributed by atoms with Gasteiger partial charge < -0.3 is 24.9 Å². The molecule has 0 aliphatic carbocycles. The molecule has 0 spiro atoms. The average molecular weight is 764 g/mol. The topological polar surface area (TPSA) is 118 Å². The minimum Gasteiger partial charge on any atom is -0.550 e. The molecule has 0 unspecified atom stereocenters. The second-order valence-electron chi connectivity index (χ2n) is 15.4. The summed E-state index contributed by atoms with van der Waals surface area (Å²) in [6.45, 7) is 6.73. The number of aliphatic carboxylic acids is 3. The van der Waals surface area contributed by atoms with Crippen LogP contribution >= 0.6 is 0 Å². The summed E-state index contributed by atoms with van der Waals surface area (Å²) in [5, 5.41) is 28.8. The van der Waals surface area contributed by atoms with Crippen molar-refractivity contribution in [3.05, 3.63) is 0 Å². The number of unbranched alkanes of at least 4 members (excludes halogenated alkanes) is 34. The van der Waals surface area contributed by atoms with Crippen molar-refractivity contribution in [2.24, 2.45) is 0 Å². The normalized spacial score (nSPS) is 10.5. The van der Waals surface area contributed by atoms with E-state index in [9.17, 15) is 24.6 Å². The van der Waals surface area contributed by atoms with Gasteiger partial charge in [0.2, 0.25) is 0 Å². The number of carboxylic acids is 3. The van der Waals surface area contributed by atoms with E-state index in [4.69, 9.17) is 5.11 Å². The molecule has 0 radical (unpaired) electrons. The predicted octanol–water partition coefficient (Wildman–Crippen LogP) is 12.8. The second kappa shape index (κ2) is 55.5. The summed E-state index contributed by atoms with van der Waals surface area (Å²) in [5.74, 6) is -2.47. The van der Waals surface area contributed by atoms with Crippen molar-refractivity contribution >= 4 is 41.0 Å². The van der Waals surface area contributed by atoms with Gasteiger partial charge in [0, 0.05) is 18.4 Å². The molecule has 0 atom stereocenters. The zero-order valence-corrected chi connectivity index (χ0v) is 37.4. The van der Waals surface area contributed by atoms with Crippen molar-refractivity contribution in [2.45, 2.75) is 278 Å². The second-order valence-corrected chi connectivity index (χ2v) is 15.4. The third-order valence-electron chi connectivity index (χ3n) is 9.96. The Morgan fingerprint density at radius 1 is 0.302 bits per heavy atom. The molecule has 0 fully saturated rings. The van der Waals surface area contributed by atoms with Gasteiger partial charge in [0.1, 0.15) is 0 Å². The fraction of sp³-hybridized carbons (Fsp3) is 0.935. The van der Waals surface area contributed by atoms with E-state index >= 15 is 0 Å². The Bertz CT molecular complexity index is 658. The molecule has 0 aromatic heterocycles. The minimum atomic E-state index is -0.903. The monoisotopic (exact) mass is 763 g/mol. The fourth-order valence-corrected chi connectivity index (χ4v) is 6.51. The summed E-state index contributed by atoms with van der Waals surface area (Å²) >= 11 is 0. The number of rotatable bonds is 40.